The summed E-state index contributed by atoms with van der Waals surface area (Å²) < 4.78 is 28.1. The van der Waals surface area contributed by atoms with Gasteiger partial charge in [0.25, 0.3) is 0 Å². The summed E-state index contributed by atoms with van der Waals surface area (Å²) in [4.78, 5) is 0. The Morgan fingerprint density at radius 2 is 2.00 bits per heavy atom. The van der Waals surface area contributed by atoms with Crippen molar-refractivity contribution in [3.63, 3.8) is 0 Å². The van der Waals surface area contributed by atoms with Gasteiger partial charge >= 0.3 is 0 Å². The highest BCUT2D eigenvalue weighted by atomic mass is 19.2. The third-order valence-corrected chi connectivity index (χ3v) is 3.45. The van der Waals surface area contributed by atoms with Gasteiger partial charge in [0.05, 0.1) is 0 Å². The Labute approximate surface area is 118 Å². The maximum atomic E-state index is 13.2. The number of halogens is 2. The van der Waals surface area contributed by atoms with Gasteiger partial charge < -0.3 is 9.88 Å². The molecule has 1 aromatic heterocycles. The second-order valence-electron chi connectivity index (χ2n) is 5.00. The van der Waals surface area contributed by atoms with Gasteiger partial charge in [-0.2, -0.15) is 0 Å². The van der Waals surface area contributed by atoms with Gasteiger partial charge in [0, 0.05) is 25.0 Å². The van der Waals surface area contributed by atoms with E-state index in [-0.39, 0.29) is 0 Å². The van der Waals surface area contributed by atoms with Crippen LogP contribution in [0, 0.1) is 11.6 Å². The topological polar surface area (TPSA) is 17.0 Å². The maximum Gasteiger partial charge on any atom is 0.159 e. The summed E-state index contributed by atoms with van der Waals surface area (Å²) in [6.45, 7) is 2.70. The highest BCUT2D eigenvalue weighted by Gasteiger charge is 2.10. The molecule has 0 amide bonds. The number of nitrogens with one attached hydrogen (secondary N) is 1. The zero-order chi connectivity index (χ0) is 14.5. The van der Waals surface area contributed by atoms with Crippen LogP contribution in [0.25, 0.3) is 0 Å². The summed E-state index contributed by atoms with van der Waals surface area (Å²) in [5.74, 6) is -1.60. The summed E-state index contributed by atoms with van der Waals surface area (Å²) in [7, 11) is 1.95. The van der Waals surface area contributed by atoms with Gasteiger partial charge in [-0.1, -0.05) is 19.4 Å². The second-order valence-corrected chi connectivity index (χ2v) is 5.00. The molecule has 0 spiro atoms. The Bertz CT molecular complexity index is 563. The van der Waals surface area contributed by atoms with Crippen LogP contribution in [0.15, 0.2) is 36.7 Å². The Kier molecular flexibility index (Phi) is 4.90. The van der Waals surface area contributed by atoms with Crippen LogP contribution in [0.2, 0.25) is 0 Å². The summed E-state index contributed by atoms with van der Waals surface area (Å²) in [5, 5.41) is 3.29. The molecular formula is C16H20F2N2. The standard InChI is InChI=1S/C16H20F2N2/c1-3-4-16(19-2)13-7-8-20(11-13)10-12-5-6-14(17)15(18)9-12/h5-9,11,16,19H,3-4,10H2,1-2H3. The lowest BCUT2D eigenvalue weighted by molar-refractivity contribution is 0.506. The van der Waals surface area contributed by atoms with Crippen LogP contribution >= 0.6 is 0 Å². The fourth-order valence-electron chi connectivity index (χ4n) is 2.38. The molecule has 0 aliphatic rings. The normalized spacial score (nSPS) is 12.6. The summed E-state index contributed by atoms with van der Waals surface area (Å²) in [6.07, 6.45) is 6.21. The minimum Gasteiger partial charge on any atom is -0.350 e. The minimum absolute atomic E-state index is 0.339. The first-order valence-corrected chi connectivity index (χ1v) is 6.91. The van der Waals surface area contributed by atoms with E-state index in [1.165, 1.54) is 17.7 Å². The van der Waals surface area contributed by atoms with Crippen molar-refractivity contribution in [1.82, 2.24) is 9.88 Å². The first kappa shape index (κ1) is 14.7. The number of hydrogen-bond acceptors (Lipinski definition) is 1. The summed E-state index contributed by atoms with van der Waals surface area (Å²) >= 11 is 0. The second kappa shape index (κ2) is 6.66. The molecule has 0 saturated carbocycles. The van der Waals surface area contributed by atoms with Gasteiger partial charge in [-0.05, 0) is 42.8 Å². The van der Waals surface area contributed by atoms with Crippen molar-refractivity contribution in [3.8, 4) is 0 Å². The number of hydrogen-bond donors (Lipinski definition) is 1. The average Bonchev–Trinajstić information content (AvgIpc) is 2.88. The largest absolute Gasteiger partial charge is 0.350 e. The summed E-state index contributed by atoms with van der Waals surface area (Å²) in [6, 6.07) is 6.43. The van der Waals surface area contributed by atoms with Crippen molar-refractivity contribution >= 4 is 0 Å². The third kappa shape index (κ3) is 3.45. The number of aromatic nitrogens is 1. The molecule has 0 aliphatic carbocycles. The van der Waals surface area contributed by atoms with Crippen LogP contribution in [0.3, 0.4) is 0 Å². The number of nitrogens with zero attached hydrogens (tertiary/aromatic N) is 1. The molecule has 1 heterocycles. The smallest absolute Gasteiger partial charge is 0.159 e. The Hall–Kier alpha value is -1.68. The van der Waals surface area contributed by atoms with E-state index >= 15 is 0 Å². The van der Waals surface area contributed by atoms with Gasteiger partial charge in [0.1, 0.15) is 0 Å². The molecule has 0 bridgehead atoms. The average molecular weight is 278 g/mol. The molecule has 2 nitrogen and oxygen atoms in total. The number of benzene rings is 1. The van der Waals surface area contributed by atoms with Crippen LogP contribution in [0.5, 0.6) is 0 Å². The van der Waals surface area contributed by atoms with Gasteiger partial charge in [-0.25, -0.2) is 8.78 Å². The fraction of sp³-hybridized carbons (Fsp3) is 0.375. The zero-order valence-electron chi connectivity index (χ0n) is 11.9. The third-order valence-electron chi connectivity index (χ3n) is 3.45. The van der Waals surface area contributed by atoms with Crippen molar-refractivity contribution < 1.29 is 8.78 Å². The van der Waals surface area contributed by atoms with Crippen molar-refractivity contribution in [2.75, 3.05) is 7.05 Å². The maximum absolute atomic E-state index is 13.2. The van der Waals surface area contributed by atoms with Gasteiger partial charge in [-0.3, -0.25) is 0 Å². The van der Waals surface area contributed by atoms with E-state index in [9.17, 15) is 8.78 Å². The van der Waals surface area contributed by atoms with Crippen LogP contribution in [-0.4, -0.2) is 11.6 Å². The van der Waals surface area contributed by atoms with E-state index in [0.717, 1.165) is 18.4 Å². The first-order valence-electron chi connectivity index (χ1n) is 6.91. The van der Waals surface area contributed by atoms with E-state index in [0.29, 0.717) is 12.6 Å². The molecule has 2 aromatic rings. The van der Waals surface area contributed by atoms with Crippen LogP contribution in [0.4, 0.5) is 8.78 Å². The predicted octanol–water partition coefficient (Wildman–Crippen LogP) is 3.88. The Morgan fingerprint density at radius 1 is 1.20 bits per heavy atom. The predicted molar refractivity (Wildman–Crippen MR) is 76.6 cm³/mol. The van der Waals surface area contributed by atoms with Gasteiger partial charge in [-0.15, -0.1) is 0 Å². The van der Waals surface area contributed by atoms with E-state index in [4.69, 9.17) is 0 Å². The van der Waals surface area contributed by atoms with Gasteiger partial charge in [0.15, 0.2) is 11.6 Å². The Morgan fingerprint density at radius 3 is 2.65 bits per heavy atom. The lowest BCUT2D eigenvalue weighted by atomic mass is 10.1. The molecule has 0 radical (unpaired) electrons. The molecule has 20 heavy (non-hydrogen) atoms. The Balaban J connectivity index is 2.10. The molecule has 1 atom stereocenters. The molecule has 0 saturated heterocycles. The lowest BCUT2D eigenvalue weighted by Crippen LogP contribution is -2.15. The van der Waals surface area contributed by atoms with Crippen molar-refractivity contribution in [1.29, 1.82) is 0 Å². The summed E-state index contributed by atoms with van der Waals surface area (Å²) in [5.41, 5.74) is 1.97. The lowest BCUT2D eigenvalue weighted by Gasteiger charge is -2.13. The van der Waals surface area contributed by atoms with E-state index in [1.54, 1.807) is 6.07 Å². The first-order chi connectivity index (χ1) is 9.63. The molecule has 0 aliphatic heterocycles. The molecular weight excluding hydrogens is 258 g/mol. The van der Waals surface area contributed by atoms with E-state index < -0.39 is 11.6 Å². The highest BCUT2D eigenvalue weighted by Crippen LogP contribution is 2.19. The zero-order valence-corrected chi connectivity index (χ0v) is 11.9. The SMILES string of the molecule is CCCC(NC)c1ccn(Cc2ccc(F)c(F)c2)c1. The van der Waals surface area contributed by atoms with Crippen molar-refractivity contribution in [3.05, 3.63) is 59.4 Å². The molecule has 1 aromatic carbocycles. The minimum atomic E-state index is -0.805. The van der Waals surface area contributed by atoms with Crippen molar-refractivity contribution in [2.24, 2.45) is 0 Å². The molecule has 0 fully saturated rings. The van der Waals surface area contributed by atoms with Crippen LogP contribution in [-0.2, 0) is 6.54 Å². The molecule has 1 N–H and O–H groups in total. The molecule has 1 unspecified atom stereocenters. The quantitative estimate of drug-likeness (QED) is 0.848. The fourth-order valence-corrected chi connectivity index (χ4v) is 2.38. The monoisotopic (exact) mass is 278 g/mol. The molecule has 2 rings (SSSR count). The van der Waals surface area contributed by atoms with Crippen LogP contribution < -0.4 is 5.32 Å². The van der Waals surface area contributed by atoms with Gasteiger partial charge in [0.2, 0.25) is 0 Å². The van der Waals surface area contributed by atoms with Crippen molar-refractivity contribution in [2.45, 2.75) is 32.4 Å². The van der Waals surface area contributed by atoms with E-state index in [1.807, 2.05) is 17.8 Å². The van der Waals surface area contributed by atoms with E-state index in [2.05, 4.69) is 24.5 Å². The van der Waals surface area contributed by atoms with Crippen LogP contribution in [0.1, 0.15) is 36.9 Å². The highest BCUT2D eigenvalue weighted by molar-refractivity contribution is 5.21. The molecule has 108 valence electrons. The molecule has 4 heteroatoms. The number of rotatable bonds is 6.